The van der Waals surface area contributed by atoms with E-state index in [0.717, 1.165) is 29.7 Å². The summed E-state index contributed by atoms with van der Waals surface area (Å²) < 4.78 is 5.48. The molecule has 0 aliphatic carbocycles. The van der Waals surface area contributed by atoms with Gasteiger partial charge in [0.05, 0.1) is 30.6 Å². The molecule has 0 bridgehead atoms. The number of aromatic nitrogens is 2. The number of hydrogen-bond acceptors (Lipinski definition) is 6. The second kappa shape index (κ2) is 7.11. The predicted molar refractivity (Wildman–Crippen MR) is 85.7 cm³/mol. The standard InChI is InChI=1S/C14H22N4O2S/c1-3-10-11(4-2)16-17-14(12(10)13(15)21)18-5-6-20-9(7-18)8-19/h9,19H,3-8H2,1-2H3,(H2,15,21). The van der Waals surface area contributed by atoms with Crippen LogP contribution in [0.15, 0.2) is 0 Å². The second-order valence-electron chi connectivity index (χ2n) is 5.02. The lowest BCUT2D eigenvalue weighted by atomic mass is 10.0. The summed E-state index contributed by atoms with van der Waals surface area (Å²) in [6.07, 6.45) is 1.40. The molecule has 0 aromatic carbocycles. The molecule has 0 radical (unpaired) electrons. The van der Waals surface area contributed by atoms with Crippen LogP contribution in [-0.2, 0) is 17.6 Å². The molecule has 1 aromatic heterocycles. The second-order valence-corrected chi connectivity index (χ2v) is 5.46. The Morgan fingerprint density at radius 3 is 2.76 bits per heavy atom. The number of nitrogens with zero attached hydrogens (tertiary/aromatic N) is 3. The Bertz CT molecular complexity index is 524. The van der Waals surface area contributed by atoms with Gasteiger partial charge in [-0.2, -0.15) is 5.10 Å². The third-order valence-electron chi connectivity index (χ3n) is 3.72. The first kappa shape index (κ1) is 16.1. The van der Waals surface area contributed by atoms with Gasteiger partial charge in [-0.1, -0.05) is 26.1 Å². The molecule has 1 aliphatic heterocycles. The molecule has 1 atom stereocenters. The molecular weight excluding hydrogens is 288 g/mol. The number of rotatable bonds is 5. The van der Waals surface area contributed by atoms with Crippen molar-refractivity contribution in [3.8, 4) is 0 Å². The van der Waals surface area contributed by atoms with Gasteiger partial charge in [-0.05, 0) is 18.4 Å². The average molecular weight is 310 g/mol. The highest BCUT2D eigenvalue weighted by molar-refractivity contribution is 7.80. The van der Waals surface area contributed by atoms with Crippen LogP contribution in [0, 0.1) is 0 Å². The van der Waals surface area contributed by atoms with Crippen molar-refractivity contribution in [2.75, 3.05) is 31.2 Å². The van der Waals surface area contributed by atoms with Gasteiger partial charge in [0.2, 0.25) is 0 Å². The summed E-state index contributed by atoms with van der Waals surface area (Å²) in [5.74, 6) is 0.707. The highest BCUT2D eigenvalue weighted by Crippen LogP contribution is 2.25. The molecule has 7 heteroatoms. The number of morpholine rings is 1. The van der Waals surface area contributed by atoms with Gasteiger partial charge in [0.1, 0.15) is 4.99 Å². The van der Waals surface area contributed by atoms with Gasteiger partial charge in [-0.25, -0.2) is 0 Å². The monoisotopic (exact) mass is 310 g/mol. The van der Waals surface area contributed by atoms with Crippen LogP contribution in [0.1, 0.15) is 30.7 Å². The maximum atomic E-state index is 9.28. The molecule has 21 heavy (non-hydrogen) atoms. The van der Waals surface area contributed by atoms with Crippen molar-refractivity contribution in [3.05, 3.63) is 16.8 Å². The van der Waals surface area contributed by atoms with E-state index < -0.39 is 0 Å². The Morgan fingerprint density at radius 1 is 1.43 bits per heavy atom. The number of ether oxygens (including phenoxy) is 1. The van der Waals surface area contributed by atoms with Crippen molar-refractivity contribution in [1.29, 1.82) is 0 Å². The number of nitrogens with two attached hydrogens (primary N) is 1. The molecule has 6 nitrogen and oxygen atoms in total. The summed E-state index contributed by atoms with van der Waals surface area (Å²) in [6, 6.07) is 0. The van der Waals surface area contributed by atoms with Gasteiger partial charge in [0.25, 0.3) is 0 Å². The van der Waals surface area contributed by atoms with Crippen LogP contribution < -0.4 is 10.6 Å². The van der Waals surface area contributed by atoms with Gasteiger partial charge in [0.15, 0.2) is 5.82 Å². The zero-order valence-electron chi connectivity index (χ0n) is 12.5. The van der Waals surface area contributed by atoms with Crippen molar-refractivity contribution in [2.24, 2.45) is 5.73 Å². The van der Waals surface area contributed by atoms with E-state index in [-0.39, 0.29) is 12.7 Å². The minimum atomic E-state index is -0.212. The highest BCUT2D eigenvalue weighted by atomic mass is 32.1. The number of hydrogen-bond donors (Lipinski definition) is 2. The van der Waals surface area contributed by atoms with Crippen LogP contribution in [0.25, 0.3) is 0 Å². The van der Waals surface area contributed by atoms with E-state index in [4.69, 9.17) is 22.7 Å². The van der Waals surface area contributed by atoms with Crippen LogP contribution >= 0.6 is 12.2 Å². The molecule has 1 saturated heterocycles. The molecule has 1 unspecified atom stereocenters. The van der Waals surface area contributed by atoms with Gasteiger partial charge in [-0.3, -0.25) is 0 Å². The highest BCUT2D eigenvalue weighted by Gasteiger charge is 2.26. The molecule has 1 aromatic rings. The Kier molecular flexibility index (Phi) is 5.44. The summed E-state index contributed by atoms with van der Waals surface area (Å²) >= 11 is 5.24. The zero-order valence-corrected chi connectivity index (χ0v) is 13.3. The summed E-state index contributed by atoms with van der Waals surface area (Å²) in [7, 11) is 0. The number of aliphatic hydroxyl groups excluding tert-OH is 1. The van der Waals surface area contributed by atoms with E-state index in [2.05, 4.69) is 17.1 Å². The van der Waals surface area contributed by atoms with Crippen LogP contribution in [-0.4, -0.2) is 52.7 Å². The first-order valence-electron chi connectivity index (χ1n) is 7.27. The van der Waals surface area contributed by atoms with Crippen LogP contribution in [0.5, 0.6) is 0 Å². The topological polar surface area (TPSA) is 84.5 Å². The van der Waals surface area contributed by atoms with Gasteiger partial charge in [-0.15, -0.1) is 5.10 Å². The maximum absolute atomic E-state index is 9.28. The van der Waals surface area contributed by atoms with Crippen LogP contribution in [0.4, 0.5) is 5.82 Å². The van der Waals surface area contributed by atoms with Crippen molar-refractivity contribution in [1.82, 2.24) is 10.2 Å². The fourth-order valence-corrected chi connectivity index (χ4v) is 2.88. The largest absolute Gasteiger partial charge is 0.394 e. The van der Waals surface area contributed by atoms with E-state index in [9.17, 15) is 5.11 Å². The Balaban J connectivity index is 2.45. The van der Waals surface area contributed by atoms with Crippen LogP contribution in [0.2, 0.25) is 0 Å². The molecule has 0 spiro atoms. The summed E-state index contributed by atoms with van der Waals surface area (Å²) in [5, 5.41) is 17.9. The molecule has 1 fully saturated rings. The Labute approximate surface area is 130 Å². The molecule has 116 valence electrons. The van der Waals surface area contributed by atoms with Gasteiger partial charge >= 0.3 is 0 Å². The molecule has 0 amide bonds. The molecule has 2 rings (SSSR count). The van der Waals surface area contributed by atoms with E-state index in [1.807, 2.05) is 11.8 Å². The normalized spacial score (nSPS) is 18.8. The van der Waals surface area contributed by atoms with E-state index in [1.54, 1.807) is 0 Å². The smallest absolute Gasteiger partial charge is 0.162 e. The Hall–Kier alpha value is -1.31. The number of aliphatic hydroxyl groups is 1. The third kappa shape index (κ3) is 3.30. The lowest BCUT2D eigenvalue weighted by molar-refractivity contribution is 0.00331. The number of aryl methyl sites for hydroxylation is 1. The van der Waals surface area contributed by atoms with E-state index >= 15 is 0 Å². The quantitative estimate of drug-likeness (QED) is 0.763. The number of anilines is 1. The number of thiocarbonyl (C=S) groups is 1. The fraction of sp³-hybridized carbons (Fsp3) is 0.643. The average Bonchev–Trinajstić information content (AvgIpc) is 2.53. The molecule has 1 aliphatic rings. The summed E-state index contributed by atoms with van der Waals surface area (Å²) in [5.41, 5.74) is 8.77. The van der Waals surface area contributed by atoms with Crippen molar-refractivity contribution in [2.45, 2.75) is 32.8 Å². The van der Waals surface area contributed by atoms with Crippen molar-refractivity contribution >= 4 is 23.0 Å². The van der Waals surface area contributed by atoms with E-state index in [0.29, 0.717) is 30.5 Å². The van der Waals surface area contributed by atoms with Crippen molar-refractivity contribution in [3.63, 3.8) is 0 Å². The lowest BCUT2D eigenvalue weighted by Gasteiger charge is -2.34. The maximum Gasteiger partial charge on any atom is 0.162 e. The zero-order chi connectivity index (χ0) is 15.4. The molecule has 0 saturated carbocycles. The predicted octanol–water partition coefficient (Wildman–Crippen LogP) is 0.433. The first-order valence-corrected chi connectivity index (χ1v) is 7.68. The lowest BCUT2D eigenvalue weighted by Crippen LogP contribution is -2.45. The Morgan fingerprint density at radius 2 is 2.19 bits per heavy atom. The molecule has 2 heterocycles. The minimum Gasteiger partial charge on any atom is -0.394 e. The molecule has 3 N–H and O–H groups in total. The fourth-order valence-electron chi connectivity index (χ4n) is 2.66. The van der Waals surface area contributed by atoms with Gasteiger partial charge < -0.3 is 20.5 Å². The summed E-state index contributed by atoms with van der Waals surface area (Å²) in [6.45, 7) is 5.89. The minimum absolute atomic E-state index is 0.0139. The van der Waals surface area contributed by atoms with E-state index in [1.165, 1.54) is 0 Å². The van der Waals surface area contributed by atoms with Gasteiger partial charge in [0, 0.05) is 13.1 Å². The van der Waals surface area contributed by atoms with Crippen LogP contribution in [0.3, 0.4) is 0 Å². The molecular formula is C14H22N4O2S. The van der Waals surface area contributed by atoms with Crippen molar-refractivity contribution < 1.29 is 9.84 Å². The SMILES string of the molecule is CCc1nnc(N2CCOC(CO)C2)c(C(N)=S)c1CC. The third-order valence-corrected chi connectivity index (χ3v) is 3.92. The summed E-state index contributed by atoms with van der Waals surface area (Å²) in [4.78, 5) is 2.39. The first-order chi connectivity index (χ1) is 10.1.